The molecule has 2 rings (SSSR count). The van der Waals surface area contributed by atoms with Crippen molar-refractivity contribution in [2.45, 2.75) is 6.10 Å². The van der Waals surface area contributed by atoms with E-state index < -0.39 is 5.82 Å². The number of rotatable bonds is 4. The number of hydrogen-bond donors (Lipinski definition) is 2. The molecule has 1 aliphatic heterocycles. The number of hydrogen-bond acceptors (Lipinski definition) is 4. The summed E-state index contributed by atoms with van der Waals surface area (Å²) in [6.07, 6.45) is -0.274. The lowest BCUT2D eigenvalue weighted by molar-refractivity contribution is -0.120. The van der Waals surface area contributed by atoms with Crippen molar-refractivity contribution in [2.24, 2.45) is 0 Å². The number of ether oxygens (including phenoxy) is 1. The highest BCUT2D eigenvalue weighted by Gasteiger charge is 2.21. The molecule has 110 valence electrons. The Labute approximate surface area is 121 Å². The van der Waals surface area contributed by atoms with Crippen LogP contribution in [-0.2, 0) is 9.53 Å². The minimum Gasteiger partial charge on any atom is -0.394 e. The van der Waals surface area contributed by atoms with E-state index >= 15 is 0 Å². The zero-order chi connectivity index (χ0) is 14.5. The van der Waals surface area contributed by atoms with Gasteiger partial charge in [0.25, 0.3) is 0 Å². The molecule has 2 N–H and O–H groups in total. The first-order chi connectivity index (χ1) is 9.58. The highest BCUT2D eigenvalue weighted by Crippen LogP contribution is 2.18. The van der Waals surface area contributed by atoms with Gasteiger partial charge in [-0.25, -0.2) is 4.39 Å². The Morgan fingerprint density at radius 1 is 1.60 bits per heavy atom. The van der Waals surface area contributed by atoms with Crippen molar-refractivity contribution in [3.8, 4) is 0 Å². The second-order valence-corrected chi connectivity index (χ2v) is 5.02. The molecular formula is C13H16ClFN2O3. The van der Waals surface area contributed by atoms with Gasteiger partial charge in [-0.1, -0.05) is 11.6 Å². The second kappa shape index (κ2) is 6.99. The van der Waals surface area contributed by atoms with Crippen LogP contribution in [0.15, 0.2) is 18.2 Å². The highest BCUT2D eigenvalue weighted by atomic mass is 35.5. The van der Waals surface area contributed by atoms with Gasteiger partial charge >= 0.3 is 0 Å². The van der Waals surface area contributed by atoms with Crippen LogP contribution in [0.25, 0.3) is 0 Å². The smallest absolute Gasteiger partial charge is 0.238 e. The van der Waals surface area contributed by atoms with Crippen LogP contribution in [0.5, 0.6) is 0 Å². The van der Waals surface area contributed by atoms with E-state index in [-0.39, 0.29) is 35.9 Å². The normalized spacial score (nSPS) is 19.9. The molecule has 5 nitrogen and oxygen atoms in total. The largest absolute Gasteiger partial charge is 0.394 e. The Morgan fingerprint density at radius 2 is 2.40 bits per heavy atom. The quantitative estimate of drug-likeness (QED) is 0.875. The van der Waals surface area contributed by atoms with Crippen LogP contribution in [0, 0.1) is 5.82 Å². The predicted octanol–water partition coefficient (Wildman–Crippen LogP) is 1.11. The van der Waals surface area contributed by atoms with Crippen LogP contribution in [0.2, 0.25) is 5.02 Å². The summed E-state index contributed by atoms with van der Waals surface area (Å²) in [6.45, 7) is 1.60. The first-order valence-electron chi connectivity index (χ1n) is 6.28. The Morgan fingerprint density at radius 3 is 3.10 bits per heavy atom. The second-order valence-electron chi connectivity index (χ2n) is 4.58. The van der Waals surface area contributed by atoms with Gasteiger partial charge in [0.1, 0.15) is 5.82 Å². The van der Waals surface area contributed by atoms with E-state index in [1.807, 2.05) is 4.90 Å². The first kappa shape index (κ1) is 15.2. The summed E-state index contributed by atoms with van der Waals surface area (Å²) in [6, 6.07) is 4.08. The number of aliphatic hydroxyl groups is 1. The molecule has 1 heterocycles. The number of amides is 1. The van der Waals surface area contributed by atoms with Crippen molar-refractivity contribution in [1.29, 1.82) is 0 Å². The van der Waals surface area contributed by atoms with Gasteiger partial charge in [0, 0.05) is 18.1 Å². The number of nitrogens with zero attached hydrogens (tertiary/aromatic N) is 1. The maximum Gasteiger partial charge on any atom is 0.238 e. The zero-order valence-corrected chi connectivity index (χ0v) is 11.6. The number of benzene rings is 1. The molecule has 1 aromatic rings. The van der Waals surface area contributed by atoms with Crippen molar-refractivity contribution in [3.63, 3.8) is 0 Å². The lowest BCUT2D eigenvalue weighted by Crippen LogP contribution is -2.46. The molecule has 1 aromatic carbocycles. The lowest BCUT2D eigenvalue weighted by Gasteiger charge is -2.31. The van der Waals surface area contributed by atoms with E-state index in [0.29, 0.717) is 19.7 Å². The fourth-order valence-electron chi connectivity index (χ4n) is 2.02. The van der Waals surface area contributed by atoms with Crippen LogP contribution in [0.4, 0.5) is 10.1 Å². The summed E-state index contributed by atoms with van der Waals surface area (Å²) in [5.41, 5.74) is 0.103. The minimum absolute atomic E-state index is 0.0794. The van der Waals surface area contributed by atoms with Crippen molar-refractivity contribution in [1.82, 2.24) is 4.90 Å². The maximum absolute atomic E-state index is 13.5. The third-order valence-corrected chi connectivity index (χ3v) is 3.23. The van der Waals surface area contributed by atoms with Gasteiger partial charge in [0.15, 0.2) is 0 Å². The number of halogens is 2. The third-order valence-electron chi connectivity index (χ3n) is 3.00. The van der Waals surface area contributed by atoms with Gasteiger partial charge in [-0.05, 0) is 18.2 Å². The van der Waals surface area contributed by atoms with Crippen LogP contribution in [0.1, 0.15) is 0 Å². The van der Waals surface area contributed by atoms with Gasteiger partial charge in [-0.3, -0.25) is 9.69 Å². The Hall–Kier alpha value is -1.21. The Bertz CT molecular complexity index is 487. The predicted molar refractivity (Wildman–Crippen MR) is 73.3 cm³/mol. The molecule has 7 heteroatoms. The third kappa shape index (κ3) is 4.14. The van der Waals surface area contributed by atoms with E-state index in [4.69, 9.17) is 21.4 Å². The molecule has 1 aliphatic rings. The SMILES string of the molecule is O=C(CN1CCOC(CO)C1)Nc1ccc(Cl)cc1F. The van der Waals surface area contributed by atoms with E-state index in [9.17, 15) is 9.18 Å². The van der Waals surface area contributed by atoms with Crippen LogP contribution in [-0.4, -0.2) is 54.9 Å². The number of aliphatic hydroxyl groups excluding tert-OH is 1. The molecule has 0 saturated carbocycles. The molecule has 0 bridgehead atoms. The standard InChI is InChI=1S/C13H16ClFN2O3/c14-9-1-2-12(11(15)5-9)16-13(19)7-17-3-4-20-10(6-17)8-18/h1-2,5,10,18H,3-4,6-8H2,(H,16,19). The van der Waals surface area contributed by atoms with E-state index in [0.717, 1.165) is 6.07 Å². The molecule has 1 unspecified atom stereocenters. The van der Waals surface area contributed by atoms with Crippen molar-refractivity contribution >= 4 is 23.2 Å². The van der Waals surface area contributed by atoms with E-state index in [2.05, 4.69) is 5.32 Å². The minimum atomic E-state index is -0.568. The number of carbonyl (C=O) groups excluding carboxylic acids is 1. The molecule has 0 aliphatic carbocycles. The van der Waals surface area contributed by atoms with Crippen LogP contribution < -0.4 is 5.32 Å². The average Bonchev–Trinajstić information content (AvgIpc) is 2.42. The zero-order valence-electron chi connectivity index (χ0n) is 10.8. The topological polar surface area (TPSA) is 61.8 Å². The number of nitrogens with one attached hydrogen (secondary N) is 1. The highest BCUT2D eigenvalue weighted by molar-refractivity contribution is 6.30. The number of carbonyl (C=O) groups is 1. The summed E-state index contributed by atoms with van der Waals surface area (Å²) < 4.78 is 18.8. The van der Waals surface area contributed by atoms with Crippen LogP contribution in [0.3, 0.4) is 0 Å². The van der Waals surface area contributed by atoms with Gasteiger partial charge in [0.2, 0.25) is 5.91 Å². The monoisotopic (exact) mass is 302 g/mol. The molecule has 1 saturated heterocycles. The Kier molecular flexibility index (Phi) is 5.31. The summed E-state index contributed by atoms with van der Waals surface area (Å²) in [7, 11) is 0. The molecule has 1 atom stereocenters. The fourth-order valence-corrected chi connectivity index (χ4v) is 2.18. The number of morpholine rings is 1. The summed E-state index contributed by atoms with van der Waals surface area (Å²) >= 11 is 5.64. The first-order valence-corrected chi connectivity index (χ1v) is 6.66. The molecular weight excluding hydrogens is 287 g/mol. The van der Waals surface area contributed by atoms with Crippen molar-refractivity contribution in [3.05, 3.63) is 29.0 Å². The van der Waals surface area contributed by atoms with Gasteiger partial charge < -0.3 is 15.2 Å². The molecule has 1 amide bonds. The maximum atomic E-state index is 13.5. The summed E-state index contributed by atoms with van der Waals surface area (Å²) in [5.74, 6) is -0.883. The van der Waals surface area contributed by atoms with E-state index in [1.165, 1.54) is 12.1 Å². The van der Waals surface area contributed by atoms with E-state index in [1.54, 1.807) is 0 Å². The molecule has 20 heavy (non-hydrogen) atoms. The summed E-state index contributed by atoms with van der Waals surface area (Å²) in [5, 5.41) is 11.8. The fraction of sp³-hybridized carbons (Fsp3) is 0.462. The van der Waals surface area contributed by atoms with Gasteiger partial charge in [-0.2, -0.15) is 0 Å². The average molecular weight is 303 g/mol. The lowest BCUT2D eigenvalue weighted by atomic mass is 10.2. The molecule has 1 fully saturated rings. The van der Waals surface area contributed by atoms with Crippen molar-refractivity contribution < 1.29 is 19.0 Å². The van der Waals surface area contributed by atoms with Crippen molar-refractivity contribution in [2.75, 3.05) is 38.2 Å². The summed E-state index contributed by atoms with van der Waals surface area (Å²) in [4.78, 5) is 13.7. The molecule has 0 aromatic heterocycles. The Balaban J connectivity index is 1.88. The van der Waals surface area contributed by atoms with Gasteiger partial charge in [-0.15, -0.1) is 0 Å². The molecule has 0 spiro atoms. The van der Waals surface area contributed by atoms with Gasteiger partial charge in [0.05, 0.1) is 31.5 Å². The van der Waals surface area contributed by atoms with Crippen LogP contribution >= 0.6 is 11.6 Å². The molecule has 0 radical (unpaired) electrons. The number of anilines is 1.